The highest BCUT2D eigenvalue weighted by Gasteiger charge is 2.39. The molecule has 0 aliphatic heterocycles. The van der Waals surface area contributed by atoms with Crippen molar-refractivity contribution in [2.75, 3.05) is 13.7 Å². The van der Waals surface area contributed by atoms with E-state index in [0.29, 0.717) is 11.8 Å². The summed E-state index contributed by atoms with van der Waals surface area (Å²) >= 11 is 3.56. The molecule has 0 radical (unpaired) electrons. The maximum Gasteiger partial charge on any atom is 0.123 e. The van der Waals surface area contributed by atoms with Gasteiger partial charge in [0.2, 0.25) is 0 Å². The molecule has 0 aromatic heterocycles. The Morgan fingerprint density at radius 2 is 2.36 bits per heavy atom. The van der Waals surface area contributed by atoms with Gasteiger partial charge in [0.05, 0.1) is 7.11 Å². The Morgan fingerprint density at radius 3 is 2.93 bits per heavy atom. The third-order valence-corrected chi connectivity index (χ3v) is 3.52. The van der Waals surface area contributed by atoms with Gasteiger partial charge in [-0.05, 0) is 36.9 Å². The molecule has 2 nitrogen and oxygen atoms in total. The monoisotopic (exact) mass is 255 g/mol. The van der Waals surface area contributed by atoms with Crippen molar-refractivity contribution >= 4 is 15.9 Å². The molecule has 2 unspecified atom stereocenters. The molecular weight excluding hydrogens is 242 g/mol. The molecule has 0 spiro atoms. The van der Waals surface area contributed by atoms with Gasteiger partial charge in [0.1, 0.15) is 5.75 Å². The molecule has 1 aromatic carbocycles. The third kappa shape index (κ3) is 1.66. The van der Waals surface area contributed by atoms with E-state index in [-0.39, 0.29) is 0 Å². The van der Waals surface area contributed by atoms with Crippen LogP contribution >= 0.6 is 15.9 Å². The fourth-order valence-corrected chi connectivity index (χ4v) is 2.56. The van der Waals surface area contributed by atoms with E-state index in [2.05, 4.69) is 22.0 Å². The van der Waals surface area contributed by atoms with Gasteiger partial charge in [-0.15, -0.1) is 0 Å². The van der Waals surface area contributed by atoms with Crippen LogP contribution in [0.1, 0.15) is 17.9 Å². The molecule has 3 heteroatoms. The zero-order valence-electron chi connectivity index (χ0n) is 8.16. The zero-order chi connectivity index (χ0) is 10.1. The summed E-state index contributed by atoms with van der Waals surface area (Å²) in [5.74, 6) is 2.20. The number of rotatable bonds is 3. The summed E-state index contributed by atoms with van der Waals surface area (Å²) in [6.45, 7) is 0.773. The van der Waals surface area contributed by atoms with Gasteiger partial charge in [-0.1, -0.05) is 22.0 Å². The van der Waals surface area contributed by atoms with Gasteiger partial charge in [-0.2, -0.15) is 0 Å². The zero-order valence-corrected chi connectivity index (χ0v) is 9.75. The summed E-state index contributed by atoms with van der Waals surface area (Å²) in [6, 6.07) is 6.06. The minimum Gasteiger partial charge on any atom is -0.496 e. The fraction of sp³-hybridized carbons (Fsp3) is 0.455. The summed E-state index contributed by atoms with van der Waals surface area (Å²) in [6.07, 6.45) is 1.19. The van der Waals surface area contributed by atoms with Crippen molar-refractivity contribution in [3.05, 3.63) is 28.2 Å². The van der Waals surface area contributed by atoms with E-state index in [1.165, 1.54) is 12.0 Å². The van der Waals surface area contributed by atoms with Gasteiger partial charge in [0, 0.05) is 10.0 Å². The lowest BCUT2D eigenvalue weighted by Gasteiger charge is -2.09. The van der Waals surface area contributed by atoms with Crippen LogP contribution in [-0.2, 0) is 0 Å². The van der Waals surface area contributed by atoms with E-state index in [1.807, 2.05) is 12.1 Å². The molecule has 1 aliphatic carbocycles. The molecule has 0 amide bonds. The number of nitrogens with two attached hydrogens (primary N) is 1. The summed E-state index contributed by atoms with van der Waals surface area (Å²) in [4.78, 5) is 0. The highest BCUT2D eigenvalue weighted by atomic mass is 79.9. The van der Waals surface area contributed by atoms with Crippen molar-refractivity contribution < 1.29 is 4.74 Å². The maximum atomic E-state index is 5.65. The van der Waals surface area contributed by atoms with Crippen LogP contribution in [0.15, 0.2) is 22.7 Å². The summed E-state index contributed by atoms with van der Waals surface area (Å²) in [5.41, 5.74) is 6.93. The van der Waals surface area contributed by atoms with Crippen molar-refractivity contribution in [1.82, 2.24) is 0 Å². The highest BCUT2D eigenvalue weighted by Crippen LogP contribution is 2.52. The quantitative estimate of drug-likeness (QED) is 0.901. The molecule has 14 heavy (non-hydrogen) atoms. The van der Waals surface area contributed by atoms with Crippen molar-refractivity contribution in [2.45, 2.75) is 12.3 Å². The molecule has 2 atom stereocenters. The lowest BCUT2D eigenvalue weighted by atomic mass is 10.1. The number of methoxy groups -OCH3 is 1. The lowest BCUT2D eigenvalue weighted by Crippen LogP contribution is -2.02. The molecule has 0 saturated heterocycles. The van der Waals surface area contributed by atoms with Gasteiger partial charge in [0.25, 0.3) is 0 Å². The van der Waals surface area contributed by atoms with Crippen LogP contribution < -0.4 is 10.5 Å². The molecule has 1 aliphatic rings. The summed E-state index contributed by atoms with van der Waals surface area (Å²) in [7, 11) is 1.71. The summed E-state index contributed by atoms with van der Waals surface area (Å²) in [5, 5.41) is 0. The predicted octanol–water partition coefficient (Wildman–Crippen LogP) is 2.52. The second kappa shape index (κ2) is 3.91. The van der Waals surface area contributed by atoms with Gasteiger partial charge in [-0.25, -0.2) is 0 Å². The topological polar surface area (TPSA) is 35.2 Å². The minimum absolute atomic E-state index is 0.588. The number of ether oxygens (including phenoxy) is 1. The minimum atomic E-state index is 0.588. The molecular formula is C11H14BrNO. The first-order valence-corrected chi connectivity index (χ1v) is 5.59. The maximum absolute atomic E-state index is 5.65. The molecule has 1 aromatic rings. The van der Waals surface area contributed by atoms with E-state index in [1.54, 1.807) is 7.11 Å². The van der Waals surface area contributed by atoms with Crippen LogP contribution in [0.4, 0.5) is 0 Å². The van der Waals surface area contributed by atoms with Crippen LogP contribution in [0.25, 0.3) is 0 Å². The molecule has 76 valence electrons. The van der Waals surface area contributed by atoms with E-state index >= 15 is 0 Å². The van der Waals surface area contributed by atoms with Crippen molar-refractivity contribution in [3.8, 4) is 5.75 Å². The van der Waals surface area contributed by atoms with Crippen molar-refractivity contribution in [2.24, 2.45) is 11.7 Å². The number of halogens is 1. The first-order valence-electron chi connectivity index (χ1n) is 4.80. The van der Waals surface area contributed by atoms with Crippen LogP contribution in [0.2, 0.25) is 0 Å². The van der Waals surface area contributed by atoms with Crippen LogP contribution in [0.5, 0.6) is 5.75 Å². The Bertz CT molecular complexity index is 340. The molecule has 2 N–H and O–H groups in total. The Kier molecular flexibility index (Phi) is 2.79. The van der Waals surface area contributed by atoms with Gasteiger partial charge < -0.3 is 10.5 Å². The normalized spacial score (nSPS) is 24.8. The van der Waals surface area contributed by atoms with Crippen molar-refractivity contribution in [1.29, 1.82) is 0 Å². The Balaban J connectivity index is 2.32. The lowest BCUT2D eigenvalue weighted by molar-refractivity contribution is 0.408. The second-order valence-corrected chi connectivity index (χ2v) is 4.55. The molecule has 1 fully saturated rings. The number of hydrogen-bond donors (Lipinski definition) is 1. The van der Waals surface area contributed by atoms with E-state index < -0.39 is 0 Å². The largest absolute Gasteiger partial charge is 0.496 e. The predicted molar refractivity (Wildman–Crippen MR) is 60.6 cm³/mol. The molecule has 2 rings (SSSR count). The average molecular weight is 256 g/mol. The van der Waals surface area contributed by atoms with Crippen molar-refractivity contribution in [3.63, 3.8) is 0 Å². The summed E-state index contributed by atoms with van der Waals surface area (Å²) < 4.78 is 6.49. The van der Waals surface area contributed by atoms with Crippen LogP contribution in [-0.4, -0.2) is 13.7 Å². The van der Waals surface area contributed by atoms with Crippen LogP contribution in [0, 0.1) is 5.92 Å². The number of benzene rings is 1. The second-order valence-electron chi connectivity index (χ2n) is 3.69. The average Bonchev–Trinajstić information content (AvgIpc) is 2.96. The van der Waals surface area contributed by atoms with Crippen LogP contribution in [0.3, 0.4) is 0 Å². The molecule has 1 saturated carbocycles. The SMILES string of the molecule is COc1cccc(Br)c1C1CC1CN. The first-order chi connectivity index (χ1) is 6.77. The van der Waals surface area contributed by atoms with Gasteiger partial charge >= 0.3 is 0 Å². The Labute approximate surface area is 92.6 Å². The molecule has 0 bridgehead atoms. The Hall–Kier alpha value is -0.540. The Morgan fingerprint density at radius 1 is 1.57 bits per heavy atom. The van der Waals surface area contributed by atoms with E-state index in [4.69, 9.17) is 10.5 Å². The number of hydrogen-bond acceptors (Lipinski definition) is 2. The third-order valence-electron chi connectivity index (χ3n) is 2.83. The fourth-order valence-electron chi connectivity index (χ4n) is 1.92. The van der Waals surface area contributed by atoms with E-state index in [9.17, 15) is 0 Å². The smallest absolute Gasteiger partial charge is 0.123 e. The molecule has 0 heterocycles. The standard InChI is InChI=1S/C11H14BrNO/c1-14-10-4-2-3-9(12)11(10)8-5-7(8)6-13/h2-4,7-8H,5-6,13H2,1H3. The highest BCUT2D eigenvalue weighted by molar-refractivity contribution is 9.10. The van der Waals surface area contributed by atoms with Gasteiger partial charge in [-0.3, -0.25) is 0 Å². The van der Waals surface area contributed by atoms with Gasteiger partial charge in [0.15, 0.2) is 0 Å². The first kappa shape index (κ1) is 9.99. The van der Waals surface area contributed by atoms with E-state index in [0.717, 1.165) is 16.8 Å².